The Labute approximate surface area is 157 Å². The zero-order valence-electron chi connectivity index (χ0n) is 15.5. The lowest BCUT2D eigenvalue weighted by molar-refractivity contribution is -0.114. The summed E-state index contributed by atoms with van der Waals surface area (Å²) in [5.74, 6) is -0.525. The van der Waals surface area contributed by atoms with Gasteiger partial charge in [-0.25, -0.2) is 0 Å². The van der Waals surface area contributed by atoms with Crippen molar-refractivity contribution in [3.05, 3.63) is 65.4 Å². The van der Waals surface area contributed by atoms with E-state index in [1.54, 1.807) is 12.1 Å². The van der Waals surface area contributed by atoms with Crippen molar-refractivity contribution in [1.29, 1.82) is 0 Å². The first-order valence-electron chi connectivity index (χ1n) is 8.68. The van der Waals surface area contributed by atoms with Crippen LogP contribution < -0.4 is 10.6 Å². The number of hydrogen-bond donors (Lipinski definition) is 2. The molecular formula is C20H21N5O2. The first-order valence-corrected chi connectivity index (χ1v) is 8.68. The first kappa shape index (κ1) is 18.3. The van der Waals surface area contributed by atoms with Gasteiger partial charge in [0, 0.05) is 12.6 Å². The van der Waals surface area contributed by atoms with Gasteiger partial charge in [-0.15, -0.1) is 5.10 Å². The molecule has 138 valence electrons. The van der Waals surface area contributed by atoms with Crippen LogP contribution >= 0.6 is 0 Å². The average Bonchev–Trinajstić information content (AvgIpc) is 3.06. The number of amides is 2. The Kier molecular flexibility index (Phi) is 5.30. The summed E-state index contributed by atoms with van der Waals surface area (Å²) >= 11 is 0. The normalized spacial score (nSPS) is 10.5. The fraction of sp³-hybridized carbons (Fsp3) is 0.200. The van der Waals surface area contributed by atoms with Crippen LogP contribution in [0.3, 0.4) is 0 Å². The largest absolute Gasteiger partial charge is 0.320 e. The van der Waals surface area contributed by atoms with Crippen LogP contribution in [0.5, 0.6) is 0 Å². The molecule has 3 rings (SSSR count). The van der Waals surface area contributed by atoms with Crippen molar-refractivity contribution in [3.8, 4) is 5.69 Å². The molecule has 0 saturated heterocycles. The standard InChI is InChI=1S/C20H21N5O2/c1-4-15-7-11-17(12-8-15)25-19(21-14(3)26)18(23-24-25)20(27)22-16-9-5-13(2)6-10-16/h5-12H,4H2,1-3H3,(H,21,26)(H,22,27). The quantitative estimate of drug-likeness (QED) is 0.727. The molecule has 27 heavy (non-hydrogen) atoms. The van der Waals surface area contributed by atoms with Gasteiger partial charge < -0.3 is 10.6 Å². The van der Waals surface area contributed by atoms with E-state index in [0.717, 1.165) is 12.0 Å². The van der Waals surface area contributed by atoms with Gasteiger partial charge in [0.05, 0.1) is 5.69 Å². The molecule has 2 N–H and O–H groups in total. The summed E-state index contributed by atoms with van der Waals surface area (Å²) in [6.45, 7) is 5.41. The SMILES string of the molecule is CCc1ccc(-n2nnc(C(=O)Nc3ccc(C)cc3)c2NC(C)=O)cc1. The van der Waals surface area contributed by atoms with Gasteiger partial charge in [0.2, 0.25) is 5.91 Å². The second-order valence-corrected chi connectivity index (χ2v) is 6.22. The number of carbonyl (C=O) groups excluding carboxylic acids is 2. The van der Waals surface area contributed by atoms with Gasteiger partial charge in [-0.1, -0.05) is 42.0 Å². The highest BCUT2D eigenvalue weighted by Gasteiger charge is 2.22. The van der Waals surface area contributed by atoms with Crippen molar-refractivity contribution in [2.75, 3.05) is 10.6 Å². The molecular weight excluding hydrogens is 342 g/mol. The third-order valence-corrected chi connectivity index (χ3v) is 4.08. The van der Waals surface area contributed by atoms with E-state index in [2.05, 4.69) is 27.9 Å². The Hall–Kier alpha value is -3.48. The molecule has 0 aliphatic rings. The van der Waals surface area contributed by atoms with E-state index < -0.39 is 5.91 Å². The van der Waals surface area contributed by atoms with E-state index in [0.29, 0.717) is 11.4 Å². The highest BCUT2D eigenvalue weighted by Crippen LogP contribution is 2.20. The van der Waals surface area contributed by atoms with Gasteiger partial charge in [-0.2, -0.15) is 4.68 Å². The molecule has 7 nitrogen and oxygen atoms in total. The minimum Gasteiger partial charge on any atom is -0.320 e. The van der Waals surface area contributed by atoms with Crippen LogP contribution in [0, 0.1) is 6.92 Å². The molecule has 2 aromatic carbocycles. The molecule has 7 heteroatoms. The third-order valence-electron chi connectivity index (χ3n) is 4.08. The second-order valence-electron chi connectivity index (χ2n) is 6.22. The highest BCUT2D eigenvalue weighted by molar-refractivity contribution is 6.08. The molecule has 3 aromatic rings. The topological polar surface area (TPSA) is 88.9 Å². The Morgan fingerprint density at radius 3 is 2.26 bits per heavy atom. The number of anilines is 2. The van der Waals surface area contributed by atoms with Crippen molar-refractivity contribution in [3.63, 3.8) is 0 Å². The minimum absolute atomic E-state index is 0.0466. The summed E-state index contributed by atoms with van der Waals surface area (Å²) in [5.41, 5.74) is 3.66. The van der Waals surface area contributed by atoms with Gasteiger partial charge in [-0.3, -0.25) is 9.59 Å². The molecule has 1 heterocycles. The number of hydrogen-bond acceptors (Lipinski definition) is 4. The fourth-order valence-electron chi connectivity index (χ4n) is 2.59. The van der Waals surface area contributed by atoms with Crippen LogP contribution in [0.25, 0.3) is 5.69 Å². The maximum Gasteiger partial charge on any atom is 0.280 e. The molecule has 0 aliphatic heterocycles. The summed E-state index contributed by atoms with van der Waals surface area (Å²) < 4.78 is 1.45. The number of aromatic nitrogens is 3. The Bertz CT molecular complexity index is 959. The van der Waals surface area contributed by atoms with E-state index in [-0.39, 0.29) is 17.4 Å². The molecule has 0 radical (unpaired) electrons. The van der Waals surface area contributed by atoms with Crippen LogP contribution in [-0.2, 0) is 11.2 Å². The van der Waals surface area contributed by atoms with Gasteiger partial charge in [-0.05, 0) is 43.2 Å². The van der Waals surface area contributed by atoms with Crippen molar-refractivity contribution in [2.24, 2.45) is 0 Å². The maximum absolute atomic E-state index is 12.7. The third kappa shape index (κ3) is 4.20. The van der Waals surface area contributed by atoms with Crippen molar-refractivity contribution < 1.29 is 9.59 Å². The summed E-state index contributed by atoms with van der Waals surface area (Å²) in [6, 6.07) is 15.1. The molecule has 0 bridgehead atoms. The summed E-state index contributed by atoms with van der Waals surface area (Å²) in [7, 11) is 0. The fourth-order valence-corrected chi connectivity index (χ4v) is 2.59. The number of benzene rings is 2. The monoisotopic (exact) mass is 363 g/mol. The summed E-state index contributed by atoms with van der Waals surface area (Å²) in [6.07, 6.45) is 0.917. The Balaban J connectivity index is 1.94. The van der Waals surface area contributed by atoms with Gasteiger partial charge in [0.1, 0.15) is 0 Å². The number of rotatable bonds is 5. The predicted molar refractivity (Wildman–Crippen MR) is 104 cm³/mol. The van der Waals surface area contributed by atoms with Gasteiger partial charge >= 0.3 is 0 Å². The Morgan fingerprint density at radius 1 is 1.00 bits per heavy atom. The second kappa shape index (κ2) is 7.82. The van der Waals surface area contributed by atoms with Crippen LogP contribution in [-0.4, -0.2) is 26.8 Å². The number of aryl methyl sites for hydroxylation is 2. The number of carbonyl (C=O) groups is 2. The molecule has 0 spiro atoms. The predicted octanol–water partition coefficient (Wildman–Crippen LogP) is 3.35. The lowest BCUT2D eigenvalue weighted by Crippen LogP contribution is -2.18. The van der Waals surface area contributed by atoms with Crippen molar-refractivity contribution in [2.45, 2.75) is 27.2 Å². The van der Waals surface area contributed by atoms with Crippen molar-refractivity contribution >= 4 is 23.3 Å². The summed E-state index contributed by atoms with van der Waals surface area (Å²) in [4.78, 5) is 24.3. The minimum atomic E-state index is -0.445. The van der Waals surface area contributed by atoms with Crippen LogP contribution in [0.2, 0.25) is 0 Å². The van der Waals surface area contributed by atoms with E-state index in [9.17, 15) is 9.59 Å². The lowest BCUT2D eigenvalue weighted by Gasteiger charge is -2.09. The van der Waals surface area contributed by atoms with E-state index in [4.69, 9.17) is 0 Å². The number of nitrogens with zero attached hydrogens (tertiary/aromatic N) is 3. The van der Waals surface area contributed by atoms with Crippen LogP contribution in [0.1, 0.15) is 35.5 Å². The van der Waals surface area contributed by atoms with E-state index in [1.165, 1.54) is 17.2 Å². The van der Waals surface area contributed by atoms with E-state index in [1.807, 2.05) is 43.3 Å². The first-order chi connectivity index (χ1) is 13.0. The molecule has 0 saturated carbocycles. The smallest absolute Gasteiger partial charge is 0.280 e. The maximum atomic E-state index is 12.7. The Morgan fingerprint density at radius 2 is 1.67 bits per heavy atom. The van der Waals surface area contributed by atoms with Crippen LogP contribution in [0.4, 0.5) is 11.5 Å². The molecule has 0 atom stereocenters. The highest BCUT2D eigenvalue weighted by atomic mass is 16.2. The molecule has 0 unspecified atom stereocenters. The molecule has 0 fully saturated rings. The number of nitrogens with one attached hydrogen (secondary N) is 2. The summed E-state index contributed by atoms with van der Waals surface area (Å²) in [5, 5.41) is 13.5. The molecule has 0 aliphatic carbocycles. The average molecular weight is 363 g/mol. The molecule has 2 amide bonds. The van der Waals surface area contributed by atoms with Gasteiger partial charge in [0.15, 0.2) is 11.5 Å². The zero-order chi connectivity index (χ0) is 19.4. The zero-order valence-corrected chi connectivity index (χ0v) is 15.5. The van der Waals surface area contributed by atoms with Gasteiger partial charge in [0.25, 0.3) is 5.91 Å². The lowest BCUT2D eigenvalue weighted by atomic mass is 10.1. The van der Waals surface area contributed by atoms with E-state index >= 15 is 0 Å². The van der Waals surface area contributed by atoms with Crippen LogP contribution in [0.15, 0.2) is 48.5 Å². The van der Waals surface area contributed by atoms with Crippen molar-refractivity contribution in [1.82, 2.24) is 15.0 Å². The molecule has 1 aromatic heterocycles.